The number of pyridine rings is 2. The lowest BCUT2D eigenvalue weighted by atomic mass is 10.0. The third-order valence-electron chi connectivity index (χ3n) is 7.19. The number of nitrogens with zero attached hydrogens (tertiary/aromatic N) is 4. The smallest absolute Gasteiger partial charge is 0.410 e. The number of sulfonamides is 1. The van der Waals surface area contributed by atoms with Crippen molar-refractivity contribution in [1.82, 2.24) is 19.2 Å². The zero-order chi connectivity index (χ0) is 25.1. The molecule has 3 aliphatic rings. The topological polar surface area (TPSA) is 125 Å². The molecule has 1 saturated carbocycles. The molecule has 35 heavy (non-hydrogen) atoms. The van der Waals surface area contributed by atoms with E-state index in [2.05, 4.69) is 10.3 Å². The lowest BCUT2D eigenvalue weighted by Crippen LogP contribution is -2.51. The number of aromatic nitrogens is 2. The monoisotopic (exact) mass is 503 g/mol. The van der Waals surface area contributed by atoms with E-state index in [4.69, 9.17) is 9.72 Å². The number of fused-ring (bicyclic) bond motifs is 2. The molecule has 3 fully saturated rings. The molecule has 0 bridgehead atoms. The van der Waals surface area contributed by atoms with Crippen molar-refractivity contribution in [3.8, 4) is 0 Å². The van der Waals surface area contributed by atoms with Crippen LogP contribution < -0.4 is 5.32 Å². The summed E-state index contributed by atoms with van der Waals surface area (Å²) in [5, 5.41) is 15.8. The number of rotatable bonds is 4. The van der Waals surface area contributed by atoms with Crippen LogP contribution in [0.4, 0.5) is 10.6 Å². The number of aliphatic hydroxyl groups is 1. The summed E-state index contributed by atoms with van der Waals surface area (Å²) in [5.41, 5.74) is 0.505. The molecule has 4 heterocycles. The number of ether oxygens (including phenoxy) is 1. The van der Waals surface area contributed by atoms with E-state index in [1.807, 2.05) is 32.9 Å². The van der Waals surface area contributed by atoms with Gasteiger partial charge in [-0.1, -0.05) is 0 Å². The molecule has 2 aromatic heterocycles. The predicted molar refractivity (Wildman–Crippen MR) is 132 cm³/mol. The van der Waals surface area contributed by atoms with E-state index in [9.17, 15) is 18.3 Å². The Hall–Kier alpha value is -2.50. The van der Waals surface area contributed by atoms with Crippen LogP contribution in [0.3, 0.4) is 0 Å². The van der Waals surface area contributed by atoms with Gasteiger partial charge < -0.3 is 20.1 Å². The lowest BCUT2D eigenvalue weighted by molar-refractivity contribution is 0.0271. The number of likely N-dealkylation sites (tertiary alicyclic amines) is 1. The molecule has 2 saturated heterocycles. The van der Waals surface area contributed by atoms with Gasteiger partial charge in [-0.2, -0.15) is 4.31 Å². The molecule has 2 aromatic rings. The zero-order valence-electron chi connectivity index (χ0n) is 20.5. The number of β-amino-alcohol motifs (C(OH)–C–C–N with tert-alkyl or cyclic N) is 1. The number of anilines is 1. The molecular formula is C24H33N5O5S. The standard InChI is InChI=1S/C24H33N5O5S/c1-24(2,3)34-23(31)28-11-16-17(12-28)21(16)22-15-9-20(26-10-14(15)5-7-25-22)27-18-6-8-29(13-19(18)30)35(4,32)33/h5,7,9-10,16-19,21,30H,6,8,11-13H2,1-4H3,(H,26,27)/t16-,17+,18-,19-,21?/m1/s1. The summed E-state index contributed by atoms with van der Waals surface area (Å²) in [7, 11) is -3.33. The zero-order valence-corrected chi connectivity index (χ0v) is 21.3. The number of aliphatic hydroxyl groups excluding tert-OH is 1. The van der Waals surface area contributed by atoms with Gasteiger partial charge in [0.15, 0.2) is 0 Å². The summed E-state index contributed by atoms with van der Waals surface area (Å²) in [4.78, 5) is 23.4. The lowest BCUT2D eigenvalue weighted by Gasteiger charge is -2.35. The first-order valence-electron chi connectivity index (χ1n) is 12.0. The molecule has 2 N–H and O–H groups in total. The first-order valence-corrected chi connectivity index (χ1v) is 13.9. The molecule has 5 rings (SSSR count). The van der Waals surface area contributed by atoms with Crippen LogP contribution in [0.2, 0.25) is 0 Å². The maximum Gasteiger partial charge on any atom is 0.410 e. The van der Waals surface area contributed by atoms with E-state index < -0.39 is 21.7 Å². The number of amides is 1. The van der Waals surface area contributed by atoms with Gasteiger partial charge in [-0.3, -0.25) is 4.98 Å². The molecule has 1 aliphatic carbocycles. The predicted octanol–water partition coefficient (Wildman–Crippen LogP) is 2.02. The minimum Gasteiger partial charge on any atom is -0.444 e. The van der Waals surface area contributed by atoms with Crippen LogP contribution in [-0.4, -0.2) is 89.0 Å². The van der Waals surface area contributed by atoms with Gasteiger partial charge >= 0.3 is 6.09 Å². The van der Waals surface area contributed by atoms with E-state index in [-0.39, 0.29) is 24.6 Å². The van der Waals surface area contributed by atoms with Gasteiger partial charge in [0.1, 0.15) is 11.4 Å². The van der Waals surface area contributed by atoms with Gasteiger partial charge in [0.2, 0.25) is 10.0 Å². The van der Waals surface area contributed by atoms with E-state index in [1.165, 1.54) is 4.31 Å². The highest BCUT2D eigenvalue weighted by atomic mass is 32.2. The van der Waals surface area contributed by atoms with E-state index in [0.29, 0.717) is 43.7 Å². The molecule has 0 spiro atoms. The first kappa shape index (κ1) is 24.2. The van der Waals surface area contributed by atoms with Gasteiger partial charge in [-0.25, -0.2) is 18.2 Å². The minimum absolute atomic E-state index is 0.0659. The summed E-state index contributed by atoms with van der Waals surface area (Å²) < 4.78 is 30.4. The molecule has 0 aromatic carbocycles. The Balaban J connectivity index is 1.29. The van der Waals surface area contributed by atoms with E-state index in [1.54, 1.807) is 17.3 Å². The number of nitrogens with one attached hydrogen (secondary N) is 1. The average Bonchev–Trinajstić information content (AvgIpc) is 3.24. The molecule has 5 atom stereocenters. The van der Waals surface area contributed by atoms with Crippen LogP contribution in [0.1, 0.15) is 38.8 Å². The van der Waals surface area contributed by atoms with Crippen LogP contribution in [-0.2, 0) is 14.8 Å². The van der Waals surface area contributed by atoms with Crippen molar-refractivity contribution >= 4 is 32.7 Å². The van der Waals surface area contributed by atoms with Crippen LogP contribution in [0.5, 0.6) is 0 Å². The van der Waals surface area contributed by atoms with Crippen LogP contribution in [0.25, 0.3) is 10.8 Å². The molecule has 10 nitrogen and oxygen atoms in total. The fourth-order valence-corrected chi connectivity index (χ4v) is 6.26. The average molecular weight is 504 g/mol. The number of carbonyl (C=O) groups is 1. The maximum absolute atomic E-state index is 12.4. The van der Waals surface area contributed by atoms with Gasteiger partial charge in [0.25, 0.3) is 0 Å². The summed E-state index contributed by atoms with van der Waals surface area (Å²) in [6, 6.07) is 3.61. The molecule has 190 valence electrons. The fraction of sp³-hybridized carbons (Fsp3) is 0.625. The van der Waals surface area contributed by atoms with Crippen LogP contribution >= 0.6 is 0 Å². The molecule has 0 radical (unpaired) electrons. The summed E-state index contributed by atoms with van der Waals surface area (Å²) in [6.07, 6.45) is 4.16. The number of hydrogen-bond acceptors (Lipinski definition) is 8. The third kappa shape index (κ3) is 4.94. The van der Waals surface area contributed by atoms with Crippen molar-refractivity contribution in [2.24, 2.45) is 11.8 Å². The minimum atomic E-state index is -3.33. The summed E-state index contributed by atoms with van der Waals surface area (Å²) in [5.74, 6) is 1.65. The van der Waals surface area contributed by atoms with Gasteiger partial charge in [0.05, 0.1) is 24.1 Å². The van der Waals surface area contributed by atoms with Gasteiger partial charge in [0, 0.05) is 55.3 Å². The first-order chi connectivity index (χ1) is 16.4. The van der Waals surface area contributed by atoms with Crippen molar-refractivity contribution in [1.29, 1.82) is 0 Å². The molecule has 2 aliphatic heterocycles. The Kier molecular flexibility index (Phi) is 5.92. The van der Waals surface area contributed by atoms with Gasteiger partial charge in [-0.15, -0.1) is 0 Å². The Morgan fingerprint density at radius 1 is 1.20 bits per heavy atom. The third-order valence-corrected chi connectivity index (χ3v) is 8.46. The van der Waals surface area contributed by atoms with Crippen LogP contribution in [0, 0.1) is 11.8 Å². The van der Waals surface area contributed by atoms with E-state index in [0.717, 1.165) is 22.7 Å². The molecule has 1 unspecified atom stereocenters. The second-order valence-electron chi connectivity index (χ2n) is 11.0. The number of hydrogen-bond donors (Lipinski definition) is 2. The highest BCUT2D eigenvalue weighted by molar-refractivity contribution is 7.88. The highest BCUT2D eigenvalue weighted by Crippen LogP contribution is 2.58. The molecular weight excluding hydrogens is 470 g/mol. The number of carbonyl (C=O) groups excluding carboxylic acids is 1. The highest BCUT2D eigenvalue weighted by Gasteiger charge is 2.58. The Morgan fingerprint density at radius 2 is 1.91 bits per heavy atom. The van der Waals surface area contributed by atoms with Crippen molar-refractivity contribution in [2.45, 2.75) is 50.9 Å². The van der Waals surface area contributed by atoms with Crippen molar-refractivity contribution in [3.05, 3.63) is 30.2 Å². The van der Waals surface area contributed by atoms with Crippen LogP contribution in [0.15, 0.2) is 24.5 Å². The summed E-state index contributed by atoms with van der Waals surface area (Å²) in [6.45, 7) is 7.38. The van der Waals surface area contributed by atoms with Gasteiger partial charge in [-0.05, 0) is 51.2 Å². The SMILES string of the molecule is CC(C)(C)OC(=O)N1C[C@@H]2C(c3nccc4cnc(N[C@@H]5CCN(S(C)(=O)=O)C[C@H]5O)cc34)[C@@H]2C1. The fourth-order valence-electron chi connectivity index (χ4n) is 5.40. The Morgan fingerprint density at radius 3 is 2.54 bits per heavy atom. The summed E-state index contributed by atoms with van der Waals surface area (Å²) >= 11 is 0. The second kappa shape index (κ2) is 8.56. The van der Waals surface area contributed by atoms with Crippen molar-refractivity contribution < 1.29 is 23.1 Å². The maximum atomic E-state index is 12.4. The van der Waals surface area contributed by atoms with Crippen molar-refractivity contribution in [3.63, 3.8) is 0 Å². The molecule has 1 amide bonds. The number of piperidine rings is 2. The quantitative estimate of drug-likeness (QED) is 0.649. The Bertz CT molecular complexity index is 1230. The molecule has 11 heteroatoms. The Labute approximate surface area is 205 Å². The largest absolute Gasteiger partial charge is 0.444 e. The van der Waals surface area contributed by atoms with Crippen molar-refractivity contribution in [2.75, 3.05) is 37.8 Å². The normalized spacial score (nSPS) is 29.2. The van der Waals surface area contributed by atoms with E-state index >= 15 is 0 Å². The second-order valence-corrected chi connectivity index (χ2v) is 12.9.